The van der Waals surface area contributed by atoms with Crippen LogP contribution >= 0.6 is 55.9 Å². The van der Waals surface area contributed by atoms with E-state index in [4.69, 9.17) is 11.1 Å². The number of aromatic hydroxyl groups is 1. The Morgan fingerprint density at radius 3 is 1.79 bits per heavy atom. The lowest BCUT2D eigenvalue weighted by Crippen LogP contribution is -2.60. The Bertz CT molecular complexity index is 2190. The first-order chi connectivity index (χ1) is 33.0. The number of rotatable bonds is 13. The fourth-order valence-corrected chi connectivity index (χ4v) is 9.92. The number of fused-ring (bicyclic) bond motifs is 5. The molecule has 28 nitrogen and oxygen atoms in total. The predicted molar refractivity (Wildman–Crippen MR) is 258 cm³/mol. The number of amides is 9. The molecule has 2 saturated heterocycles. The molecule has 7 atom stereocenters. The van der Waals surface area contributed by atoms with Crippen LogP contribution in [0.2, 0.25) is 0 Å². The number of phenols is 1. The first-order valence-corrected chi connectivity index (χ1v) is 25.4. The van der Waals surface area contributed by atoms with E-state index in [1.807, 2.05) is 0 Å². The number of hydrogen-bond acceptors (Lipinski definition) is 17. The molecule has 70 heavy (non-hydrogen) atoms. The molecule has 0 unspecified atom stereocenters. The highest BCUT2D eigenvalue weighted by molar-refractivity contribution is 14.1. The molecule has 2 aliphatic rings. The fourth-order valence-electron chi connectivity index (χ4n) is 6.16. The lowest BCUT2D eigenvalue weighted by molar-refractivity contribution is -0.141. The Morgan fingerprint density at radius 2 is 1.24 bits per heavy atom. The molecule has 17 N–H and O–H groups in total. The number of carboxylic acid groups (broad SMARTS) is 3. The van der Waals surface area contributed by atoms with Gasteiger partial charge in [-0.1, -0.05) is 27.7 Å². The van der Waals surface area contributed by atoms with Gasteiger partial charge in [-0.05, 0) is 53.1 Å². The minimum atomic E-state index is -1.86. The standard InChI is InChI=1S/C38H51IN12O16S3/c39-17-6-16(3-4-25(17)52)7-19-33(63)49-22(32(62)44-11-30(59)60)12-68-15-27(54)46-21(9-29(57)58)35(65)50-23-13-69-70-14-24(37(67)48-19)51-34(64)20(8-28(55)56)45-26(53)10-43-31(61)18(47-36(23)66)2-1-5-42-38(40)41/h3-4,6,18-24,52H,1-2,5,7-15H2,(H,43,61)(H,44,62)(H,45,53)(H,46,54)(H,47,66)(H,48,67)(H,49,63)(H,50,65)(H,51,64)(H,55,56)(H,57,58)(H,59,60)(H4,40,41,42)/t18-,19-,20-,21-,22-,23-,24-/m0/s1. The molecule has 1 aromatic carbocycles. The van der Waals surface area contributed by atoms with Crippen molar-refractivity contribution >= 4 is 133 Å². The molecular weight excluding hydrogens is 1100 g/mol. The summed E-state index contributed by atoms with van der Waals surface area (Å²) in [4.78, 5) is 158. The van der Waals surface area contributed by atoms with Gasteiger partial charge in [-0.3, -0.25) is 62.9 Å². The number of thioether (sulfide) groups is 1. The summed E-state index contributed by atoms with van der Waals surface area (Å²) < 4.78 is 0.334. The number of nitrogens with two attached hydrogens (primary N) is 1. The van der Waals surface area contributed by atoms with Crippen LogP contribution in [-0.4, -0.2) is 182 Å². The SMILES string of the molecule is N=C(N)NCCC[C@@H]1NC(=O)[C@@H]2CSSC[C@H](NC(=O)[C@H](CC(=O)O)NC(=O)CNC1=O)C(=O)N[C@@H](Cc1ccc(O)c(I)c1)C(=O)N[C@H](C(=O)NCC(=O)O)CSCC(=O)N[C@@H](CC(=O)O)C(=O)N2. The van der Waals surface area contributed by atoms with E-state index in [1.165, 1.54) is 18.2 Å². The van der Waals surface area contributed by atoms with Crippen molar-refractivity contribution in [3.8, 4) is 5.75 Å². The third kappa shape index (κ3) is 20.7. The third-order valence-electron chi connectivity index (χ3n) is 9.57. The van der Waals surface area contributed by atoms with E-state index in [0.29, 0.717) is 20.9 Å². The molecule has 3 rings (SSSR count). The number of carbonyl (C=O) groups excluding carboxylic acids is 9. The lowest BCUT2D eigenvalue weighted by atomic mass is 10.0. The molecule has 0 spiro atoms. The van der Waals surface area contributed by atoms with Crippen LogP contribution in [-0.2, 0) is 64.0 Å². The summed E-state index contributed by atoms with van der Waals surface area (Å²) >= 11 is 2.49. The van der Waals surface area contributed by atoms with Crippen LogP contribution in [0.3, 0.4) is 0 Å². The number of hydrogen-bond donors (Lipinski definition) is 16. The molecule has 2 aliphatic heterocycles. The lowest BCUT2D eigenvalue weighted by Gasteiger charge is -2.27. The van der Waals surface area contributed by atoms with Gasteiger partial charge in [0.15, 0.2) is 5.96 Å². The van der Waals surface area contributed by atoms with E-state index in [9.17, 15) is 78.0 Å². The molecule has 32 heteroatoms. The highest BCUT2D eigenvalue weighted by Gasteiger charge is 2.35. The van der Waals surface area contributed by atoms with E-state index >= 15 is 0 Å². The molecule has 0 aliphatic carbocycles. The monoisotopic (exact) mass is 1150 g/mol. The summed E-state index contributed by atoms with van der Waals surface area (Å²) in [6.07, 6.45) is -2.45. The zero-order chi connectivity index (χ0) is 52.1. The van der Waals surface area contributed by atoms with Crippen molar-refractivity contribution in [3.05, 3.63) is 27.3 Å². The summed E-state index contributed by atoms with van der Waals surface area (Å²) in [6, 6.07) is -7.52. The minimum absolute atomic E-state index is 0.0396. The van der Waals surface area contributed by atoms with Crippen LogP contribution in [0.5, 0.6) is 5.75 Å². The summed E-state index contributed by atoms with van der Waals surface area (Å²) in [5.74, 6) is -16.6. The fraction of sp³-hybridized carbons (Fsp3) is 0.500. The molecular formula is C38H51IN12O16S3. The van der Waals surface area contributed by atoms with Gasteiger partial charge in [0, 0.05) is 30.2 Å². The number of benzene rings is 1. The molecule has 2 bridgehead atoms. The van der Waals surface area contributed by atoms with Crippen molar-refractivity contribution in [1.82, 2.24) is 53.2 Å². The van der Waals surface area contributed by atoms with Gasteiger partial charge in [0.1, 0.15) is 54.6 Å². The van der Waals surface area contributed by atoms with Crippen LogP contribution in [0, 0.1) is 8.98 Å². The Morgan fingerprint density at radius 1 is 0.686 bits per heavy atom. The van der Waals surface area contributed by atoms with E-state index < -0.39 is 168 Å². The average Bonchev–Trinajstić information content (AvgIpc) is 3.27. The van der Waals surface area contributed by atoms with E-state index in [2.05, 4.69) is 53.2 Å². The molecule has 0 radical (unpaired) electrons. The van der Waals surface area contributed by atoms with Crippen molar-refractivity contribution in [2.24, 2.45) is 5.73 Å². The summed E-state index contributed by atoms with van der Waals surface area (Å²) in [5, 5.41) is 69.5. The van der Waals surface area contributed by atoms with Crippen molar-refractivity contribution in [3.63, 3.8) is 0 Å². The zero-order valence-corrected chi connectivity index (χ0v) is 41.2. The van der Waals surface area contributed by atoms with Crippen molar-refractivity contribution < 1.29 is 78.0 Å². The molecule has 2 fully saturated rings. The number of aliphatic carboxylic acids is 3. The summed E-state index contributed by atoms with van der Waals surface area (Å²) in [7, 11) is 1.61. The maximum absolute atomic E-state index is 14.3. The smallest absolute Gasteiger partial charge is 0.322 e. The zero-order valence-electron chi connectivity index (χ0n) is 36.6. The van der Waals surface area contributed by atoms with Gasteiger partial charge < -0.3 is 79.3 Å². The van der Waals surface area contributed by atoms with Crippen molar-refractivity contribution in [1.29, 1.82) is 5.41 Å². The number of guanidine groups is 1. The van der Waals surface area contributed by atoms with Crippen LogP contribution in [0.25, 0.3) is 0 Å². The average molecular weight is 1150 g/mol. The predicted octanol–water partition coefficient (Wildman–Crippen LogP) is -5.40. The largest absolute Gasteiger partial charge is 0.507 e. The minimum Gasteiger partial charge on any atom is -0.507 e. The second-order valence-electron chi connectivity index (χ2n) is 15.1. The highest BCUT2D eigenvalue weighted by atomic mass is 127. The molecule has 9 amide bonds. The Balaban J connectivity index is 2.19. The number of carbonyl (C=O) groups is 12. The van der Waals surface area contributed by atoms with Gasteiger partial charge in [-0.15, -0.1) is 11.8 Å². The number of halogens is 1. The summed E-state index contributed by atoms with van der Waals surface area (Å²) in [6.45, 7) is -1.74. The number of carboxylic acids is 3. The quantitative estimate of drug-likeness (QED) is 0.0288. The van der Waals surface area contributed by atoms with Crippen LogP contribution in [0.1, 0.15) is 31.2 Å². The third-order valence-corrected chi connectivity index (χ3v) is 13.9. The Labute approximate surface area is 423 Å². The first-order valence-electron chi connectivity index (χ1n) is 20.7. The van der Waals surface area contributed by atoms with Gasteiger partial charge in [-0.25, -0.2) is 0 Å². The van der Waals surface area contributed by atoms with Crippen molar-refractivity contribution in [2.45, 2.75) is 74.4 Å². The molecule has 1 aromatic rings. The summed E-state index contributed by atoms with van der Waals surface area (Å²) in [5.41, 5.74) is 5.69. The Hall–Kier alpha value is -6.29. The van der Waals surface area contributed by atoms with E-state index in [-0.39, 0.29) is 31.6 Å². The molecule has 0 saturated carbocycles. The number of nitrogens with one attached hydrogen (secondary N) is 11. The van der Waals surface area contributed by atoms with Gasteiger partial charge in [0.25, 0.3) is 0 Å². The molecule has 0 aromatic heterocycles. The van der Waals surface area contributed by atoms with Crippen molar-refractivity contribution in [2.75, 3.05) is 42.6 Å². The van der Waals surface area contributed by atoms with Gasteiger partial charge >= 0.3 is 17.9 Å². The van der Waals surface area contributed by atoms with E-state index in [1.54, 1.807) is 22.6 Å². The Kier molecular flexibility index (Phi) is 24.1. The second-order valence-corrected chi connectivity index (χ2v) is 19.9. The normalized spacial score (nSPS) is 23.9. The van der Waals surface area contributed by atoms with Crippen LogP contribution in [0.4, 0.5) is 0 Å². The maximum Gasteiger partial charge on any atom is 0.322 e. The highest BCUT2D eigenvalue weighted by Crippen LogP contribution is 2.25. The molecule has 384 valence electrons. The topological polar surface area (TPSA) is 456 Å². The van der Waals surface area contributed by atoms with Gasteiger partial charge in [-0.2, -0.15) is 0 Å². The first kappa shape index (κ1) is 58.0. The van der Waals surface area contributed by atoms with Crippen LogP contribution < -0.4 is 58.9 Å². The number of phenolic OH excluding ortho intramolecular Hbond substituents is 1. The second kappa shape index (κ2) is 29.0. The van der Waals surface area contributed by atoms with Gasteiger partial charge in [0.05, 0.1) is 28.7 Å². The molecule has 2 heterocycles. The maximum atomic E-state index is 14.3. The van der Waals surface area contributed by atoms with Crippen LogP contribution in [0.15, 0.2) is 18.2 Å². The van der Waals surface area contributed by atoms with Gasteiger partial charge in [0.2, 0.25) is 53.2 Å². The van der Waals surface area contributed by atoms with E-state index in [0.717, 1.165) is 21.6 Å².